The lowest BCUT2D eigenvalue weighted by atomic mass is 10.1. The maximum atomic E-state index is 13.3. The summed E-state index contributed by atoms with van der Waals surface area (Å²) >= 11 is 0. The first-order valence-electron chi connectivity index (χ1n) is 5.23. The SMILES string of the molecule is COCC(C)(C)NCc1cc(F)c(F)cc1F. The minimum atomic E-state index is -1.18. The quantitative estimate of drug-likeness (QED) is 0.808. The third-order valence-electron chi connectivity index (χ3n) is 2.35. The Kier molecular flexibility index (Phi) is 4.54. The molecule has 0 aliphatic rings. The molecular weight excluding hydrogens is 231 g/mol. The molecule has 0 saturated heterocycles. The van der Waals surface area contributed by atoms with Crippen LogP contribution >= 0.6 is 0 Å². The molecule has 0 radical (unpaired) electrons. The van der Waals surface area contributed by atoms with Crippen molar-refractivity contribution in [3.63, 3.8) is 0 Å². The van der Waals surface area contributed by atoms with Gasteiger partial charge in [-0.05, 0) is 19.9 Å². The molecule has 1 N–H and O–H groups in total. The molecule has 0 spiro atoms. The van der Waals surface area contributed by atoms with Crippen LogP contribution in [0.1, 0.15) is 19.4 Å². The van der Waals surface area contributed by atoms with E-state index in [-0.39, 0.29) is 17.6 Å². The number of rotatable bonds is 5. The minimum absolute atomic E-state index is 0.0908. The lowest BCUT2D eigenvalue weighted by Crippen LogP contribution is -2.42. The highest BCUT2D eigenvalue weighted by molar-refractivity contribution is 5.20. The molecule has 0 aromatic heterocycles. The van der Waals surface area contributed by atoms with Gasteiger partial charge in [-0.2, -0.15) is 0 Å². The molecule has 1 aromatic rings. The van der Waals surface area contributed by atoms with E-state index in [1.807, 2.05) is 13.8 Å². The van der Waals surface area contributed by atoms with Crippen molar-refractivity contribution < 1.29 is 17.9 Å². The Bertz CT molecular complexity index is 394. The van der Waals surface area contributed by atoms with Gasteiger partial charge in [0.25, 0.3) is 0 Å². The minimum Gasteiger partial charge on any atom is -0.383 e. The van der Waals surface area contributed by atoms with E-state index in [2.05, 4.69) is 5.32 Å². The van der Waals surface area contributed by atoms with Gasteiger partial charge in [-0.15, -0.1) is 0 Å². The molecular formula is C12H16F3NO. The topological polar surface area (TPSA) is 21.3 Å². The van der Waals surface area contributed by atoms with Gasteiger partial charge in [0.15, 0.2) is 11.6 Å². The summed E-state index contributed by atoms with van der Waals surface area (Å²) < 4.78 is 43.9. The van der Waals surface area contributed by atoms with Crippen molar-refractivity contribution in [1.82, 2.24) is 5.32 Å². The van der Waals surface area contributed by atoms with Crippen molar-refractivity contribution in [1.29, 1.82) is 0 Å². The van der Waals surface area contributed by atoms with Crippen molar-refractivity contribution in [2.24, 2.45) is 0 Å². The van der Waals surface area contributed by atoms with Crippen molar-refractivity contribution in [3.8, 4) is 0 Å². The van der Waals surface area contributed by atoms with Gasteiger partial charge in [0.05, 0.1) is 6.61 Å². The van der Waals surface area contributed by atoms with Crippen LogP contribution in [0.5, 0.6) is 0 Å². The fourth-order valence-electron chi connectivity index (χ4n) is 1.45. The average molecular weight is 247 g/mol. The molecule has 0 bridgehead atoms. The zero-order valence-electron chi connectivity index (χ0n) is 10.1. The van der Waals surface area contributed by atoms with Crippen molar-refractivity contribution >= 4 is 0 Å². The van der Waals surface area contributed by atoms with Gasteiger partial charge in [0.1, 0.15) is 5.82 Å². The van der Waals surface area contributed by atoms with Gasteiger partial charge >= 0.3 is 0 Å². The highest BCUT2D eigenvalue weighted by Crippen LogP contribution is 2.14. The number of ether oxygens (including phenoxy) is 1. The first kappa shape index (κ1) is 14.0. The Morgan fingerprint density at radius 2 is 1.71 bits per heavy atom. The Labute approximate surface area is 98.8 Å². The average Bonchev–Trinajstić information content (AvgIpc) is 2.21. The zero-order chi connectivity index (χ0) is 13.1. The first-order valence-corrected chi connectivity index (χ1v) is 5.23. The summed E-state index contributed by atoms with van der Waals surface area (Å²) in [5.74, 6) is -2.99. The molecule has 0 amide bonds. The first-order chi connectivity index (χ1) is 7.85. The van der Waals surface area contributed by atoms with E-state index in [4.69, 9.17) is 4.74 Å². The van der Waals surface area contributed by atoms with Crippen molar-refractivity contribution in [2.45, 2.75) is 25.9 Å². The third-order valence-corrected chi connectivity index (χ3v) is 2.35. The predicted molar refractivity (Wildman–Crippen MR) is 59.1 cm³/mol. The van der Waals surface area contributed by atoms with Crippen molar-refractivity contribution in [2.75, 3.05) is 13.7 Å². The fraction of sp³-hybridized carbons (Fsp3) is 0.500. The third kappa shape index (κ3) is 4.02. The normalized spacial score (nSPS) is 11.9. The summed E-state index contributed by atoms with van der Waals surface area (Å²) in [7, 11) is 1.56. The summed E-state index contributed by atoms with van der Waals surface area (Å²) in [6, 6.07) is 1.41. The molecule has 96 valence electrons. The molecule has 1 aromatic carbocycles. The Morgan fingerprint density at radius 3 is 2.29 bits per heavy atom. The Morgan fingerprint density at radius 1 is 1.12 bits per heavy atom. The zero-order valence-corrected chi connectivity index (χ0v) is 10.1. The second kappa shape index (κ2) is 5.51. The van der Waals surface area contributed by atoms with Crippen LogP contribution in [0, 0.1) is 17.5 Å². The lowest BCUT2D eigenvalue weighted by molar-refractivity contribution is 0.127. The summed E-state index contributed by atoms with van der Waals surface area (Å²) in [6.45, 7) is 4.28. The van der Waals surface area contributed by atoms with Gasteiger partial charge in [-0.3, -0.25) is 0 Å². The molecule has 0 heterocycles. The van der Waals surface area contributed by atoms with E-state index in [0.29, 0.717) is 12.7 Å². The van der Waals surface area contributed by atoms with E-state index in [1.54, 1.807) is 7.11 Å². The molecule has 1 rings (SSSR count). The number of benzene rings is 1. The van der Waals surface area contributed by atoms with Crippen LogP contribution in [0.25, 0.3) is 0 Å². The van der Waals surface area contributed by atoms with E-state index >= 15 is 0 Å². The van der Waals surface area contributed by atoms with Crippen LogP contribution in [0.15, 0.2) is 12.1 Å². The molecule has 2 nitrogen and oxygen atoms in total. The van der Waals surface area contributed by atoms with Crippen molar-refractivity contribution in [3.05, 3.63) is 35.1 Å². The molecule has 0 aliphatic carbocycles. The van der Waals surface area contributed by atoms with Crippen LogP contribution in [0.3, 0.4) is 0 Å². The number of methoxy groups -OCH3 is 1. The summed E-state index contributed by atoms with van der Waals surface area (Å²) in [5.41, 5.74) is -0.278. The summed E-state index contributed by atoms with van der Waals surface area (Å²) in [4.78, 5) is 0. The van der Waals surface area contributed by atoms with Crippen LogP contribution in [0.2, 0.25) is 0 Å². The summed E-state index contributed by atoms with van der Waals surface area (Å²) in [5, 5.41) is 3.01. The second-order valence-electron chi connectivity index (χ2n) is 4.53. The van der Waals surface area contributed by atoms with E-state index in [9.17, 15) is 13.2 Å². The van der Waals surface area contributed by atoms with Gasteiger partial charge in [-0.1, -0.05) is 0 Å². The maximum Gasteiger partial charge on any atom is 0.161 e. The fourth-order valence-corrected chi connectivity index (χ4v) is 1.45. The van der Waals surface area contributed by atoms with Crippen LogP contribution < -0.4 is 5.32 Å². The number of hydrogen-bond donors (Lipinski definition) is 1. The second-order valence-corrected chi connectivity index (χ2v) is 4.53. The van der Waals surface area contributed by atoms with Crippen LogP contribution in [-0.4, -0.2) is 19.3 Å². The number of nitrogens with one attached hydrogen (secondary N) is 1. The molecule has 5 heteroatoms. The Balaban J connectivity index is 2.73. The highest BCUT2D eigenvalue weighted by Gasteiger charge is 2.18. The van der Waals surface area contributed by atoms with Gasteiger partial charge in [0, 0.05) is 30.8 Å². The van der Waals surface area contributed by atoms with Gasteiger partial charge in [0.2, 0.25) is 0 Å². The molecule has 17 heavy (non-hydrogen) atoms. The smallest absolute Gasteiger partial charge is 0.161 e. The standard InChI is InChI=1S/C12H16F3NO/c1-12(2,7-17-3)16-6-8-4-10(14)11(15)5-9(8)13/h4-5,16H,6-7H2,1-3H3. The van der Waals surface area contributed by atoms with Crippen LogP contribution in [-0.2, 0) is 11.3 Å². The number of halogens is 3. The monoisotopic (exact) mass is 247 g/mol. The number of hydrogen-bond acceptors (Lipinski definition) is 2. The van der Waals surface area contributed by atoms with Gasteiger partial charge in [-0.25, -0.2) is 13.2 Å². The van der Waals surface area contributed by atoms with E-state index in [0.717, 1.165) is 6.07 Å². The lowest BCUT2D eigenvalue weighted by Gasteiger charge is -2.25. The Hall–Kier alpha value is -1.07. The highest BCUT2D eigenvalue weighted by atomic mass is 19.2. The molecule has 0 fully saturated rings. The summed E-state index contributed by atoms with van der Waals surface area (Å²) in [6.07, 6.45) is 0. The van der Waals surface area contributed by atoms with Crippen LogP contribution in [0.4, 0.5) is 13.2 Å². The molecule has 0 saturated carbocycles. The van der Waals surface area contributed by atoms with E-state index < -0.39 is 17.5 Å². The van der Waals surface area contributed by atoms with E-state index in [1.165, 1.54) is 0 Å². The van der Waals surface area contributed by atoms with Gasteiger partial charge < -0.3 is 10.1 Å². The molecule has 0 unspecified atom stereocenters. The molecule has 0 atom stereocenters. The maximum absolute atomic E-state index is 13.3. The molecule has 0 aliphatic heterocycles. The largest absolute Gasteiger partial charge is 0.383 e. The predicted octanol–water partition coefficient (Wildman–Crippen LogP) is 2.62.